The van der Waals surface area contributed by atoms with Crippen LogP contribution in [0.25, 0.3) is 28.0 Å². The molecule has 6 aromatic carbocycles. The number of anilines is 1. The molecule has 1 fully saturated rings. The molecule has 0 radical (unpaired) electrons. The summed E-state index contributed by atoms with van der Waals surface area (Å²) in [6.07, 6.45) is 4.66. The molecule has 9 rings (SSSR count). The van der Waals surface area contributed by atoms with Crippen LogP contribution in [0.1, 0.15) is 47.2 Å². The van der Waals surface area contributed by atoms with Gasteiger partial charge in [-0.1, -0.05) is 122 Å². The largest absolute Gasteiger partial charge is 0.472 e. The summed E-state index contributed by atoms with van der Waals surface area (Å²) in [7, 11) is 0. The van der Waals surface area contributed by atoms with E-state index in [4.69, 9.17) is 9.47 Å². The van der Waals surface area contributed by atoms with E-state index < -0.39 is 5.60 Å². The maximum Gasteiger partial charge on any atom is 0.178 e. The van der Waals surface area contributed by atoms with Crippen LogP contribution in [0.2, 0.25) is 0 Å². The zero-order valence-corrected chi connectivity index (χ0v) is 29.0. The Kier molecular flexibility index (Phi) is 7.23. The standard InChI is InChI=1S/C45H39NO2S/c1-30-13-22-38-40(29-30)44(2,3)42-39-23-24-45(48-43(39)37-12-8-7-11-36(37)41(38)42,31-14-18-33(19-15-31)46-25-27-47-28-26-46)32-16-20-35(21-17-32)49-34-9-5-4-6-10-34/h4-24,29H,25-28H2,1-3H3. The highest BCUT2D eigenvalue weighted by molar-refractivity contribution is 7.99. The van der Waals surface area contributed by atoms with Gasteiger partial charge in [-0.25, -0.2) is 0 Å². The average Bonchev–Trinajstić information content (AvgIpc) is 3.38. The fourth-order valence-corrected chi connectivity index (χ4v) is 9.00. The van der Waals surface area contributed by atoms with E-state index >= 15 is 0 Å². The SMILES string of the molecule is Cc1ccc2c(c1)C(C)(C)c1c3c(c4ccccc4c1-2)OC(c1ccc(Sc2ccccc2)cc1)(c1ccc(N2CCOCC2)cc1)C=C3. The van der Waals surface area contributed by atoms with Gasteiger partial charge in [0.05, 0.1) is 13.2 Å². The average molecular weight is 658 g/mol. The van der Waals surface area contributed by atoms with Gasteiger partial charge in [0.15, 0.2) is 5.60 Å². The molecule has 2 heterocycles. The summed E-state index contributed by atoms with van der Waals surface area (Å²) in [5.41, 5.74) is 10.3. The van der Waals surface area contributed by atoms with E-state index in [1.54, 1.807) is 11.8 Å². The number of hydrogen-bond donors (Lipinski definition) is 0. The quantitative estimate of drug-likeness (QED) is 0.184. The number of aryl methyl sites for hydroxylation is 1. The molecular weight excluding hydrogens is 619 g/mol. The van der Waals surface area contributed by atoms with Crippen molar-refractivity contribution >= 4 is 34.3 Å². The first kappa shape index (κ1) is 30.3. The minimum absolute atomic E-state index is 0.172. The Bertz CT molecular complexity index is 2230. The van der Waals surface area contributed by atoms with Crippen LogP contribution >= 0.6 is 11.8 Å². The van der Waals surface area contributed by atoms with Crippen LogP contribution < -0.4 is 9.64 Å². The molecule has 49 heavy (non-hydrogen) atoms. The third-order valence-electron chi connectivity index (χ3n) is 10.6. The number of nitrogens with zero attached hydrogens (tertiary/aromatic N) is 1. The van der Waals surface area contributed by atoms with E-state index in [0.29, 0.717) is 0 Å². The number of ether oxygens (including phenoxy) is 2. The number of morpholine rings is 1. The first-order valence-corrected chi connectivity index (χ1v) is 18.1. The maximum atomic E-state index is 7.56. The molecule has 3 nitrogen and oxygen atoms in total. The molecule has 1 saturated heterocycles. The lowest BCUT2D eigenvalue weighted by atomic mass is 9.76. The van der Waals surface area contributed by atoms with E-state index in [-0.39, 0.29) is 5.41 Å². The predicted molar refractivity (Wildman–Crippen MR) is 203 cm³/mol. The van der Waals surface area contributed by atoms with Crippen molar-refractivity contribution in [2.24, 2.45) is 0 Å². The molecule has 0 spiro atoms. The second-order valence-corrected chi connectivity index (χ2v) is 15.1. The minimum Gasteiger partial charge on any atom is -0.472 e. The summed E-state index contributed by atoms with van der Waals surface area (Å²) in [6, 6.07) is 44.3. The molecule has 1 aliphatic carbocycles. The highest BCUT2D eigenvalue weighted by Gasteiger charge is 2.44. The topological polar surface area (TPSA) is 21.7 Å². The minimum atomic E-state index is -0.810. The van der Waals surface area contributed by atoms with Crippen molar-refractivity contribution in [3.63, 3.8) is 0 Å². The van der Waals surface area contributed by atoms with Gasteiger partial charge in [-0.05, 0) is 77.0 Å². The maximum absolute atomic E-state index is 7.56. The first-order valence-electron chi connectivity index (χ1n) is 17.3. The number of hydrogen-bond acceptors (Lipinski definition) is 4. The van der Waals surface area contributed by atoms with Gasteiger partial charge in [-0.2, -0.15) is 0 Å². The van der Waals surface area contributed by atoms with Gasteiger partial charge in [0.25, 0.3) is 0 Å². The van der Waals surface area contributed by atoms with Gasteiger partial charge in [-0.3, -0.25) is 0 Å². The number of rotatable bonds is 5. The molecule has 0 amide bonds. The van der Waals surface area contributed by atoms with Crippen LogP contribution in [0.15, 0.2) is 137 Å². The second kappa shape index (κ2) is 11.7. The van der Waals surface area contributed by atoms with E-state index in [2.05, 4.69) is 159 Å². The lowest BCUT2D eigenvalue weighted by Crippen LogP contribution is -2.37. The third kappa shape index (κ3) is 4.92. The number of benzene rings is 6. The Labute approximate surface area is 293 Å². The summed E-state index contributed by atoms with van der Waals surface area (Å²) < 4.78 is 13.2. The van der Waals surface area contributed by atoms with Crippen LogP contribution in [0.3, 0.4) is 0 Å². The summed E-state index contributed by atoms with van der Waals surface area (Å²) in [5.74, 6) is 0.953. The summed E-state index contributed by atoms with van der Waals surface area (Å²) in [4.78, 5) is 4.83. The van der Waals surface area contributed by atoms with Gasteiger partial charge >= 0.3 is 0 Å². The second-order valence-electron chi connectivity index (χ2n) is 14.0. The Morgan fingerprint density at radius 1 is 0.694 bits per heavy atom. The van der Waals surface area contributed by atoms with Crippen LogP contribution in [-0.2, 0) is 15.8 Å². The van der Waals surface area contributed by atoms with E-state index in [1.165, 1.54) is 54.2 Å². The van der Waals surface area contributed by atoms with Crippen molar-refractivity contribution in [2.45, 2.75) is 41.6 Å². The molecule has 242 valence electrons. The molecule has 0 bridgehead atoms. The third-order valence-corrected chi connectivity index (χ3v) is 11.6. The normalized spacial score (nSPS) is 18.9. The molecule has 0 saturated carbocycles. The highest BCUT2D eigenvalue weighted by Crippen LogP contribution is 2.58. The van der Waals surface area contributed by atoms with Gasteiger partial charge < -0.3 is 14.4 Å². The smallest absolute Gasteiger partial charge is 0.178 e. The van der Waals surface area contributed by atoms with E-state index in [9.17, 15) is 0 Å². The zero-order chi connectivity index (χ0) is 33.2. The fraction of sp³-hybridized carbons (Fsp3) is 0.200. The van der Waals surface area contributed by atoms with Crippen LogP contribution in [-0.4, -0.2) is 26.3 Å². The molecule has 3 aliphatic rings. The molecule has 6 aromatic rings. The first-order chi connectivity index (χ1) is 23.9. The molecule has 0 aromatic heterocycles. The highest BCUT2D eigenvalue weighted by atomic mass is 32.2. The van der Waals surface area contributed by atoms with Crippen molar-refractivity contribution in [3.05, 3.63) is 161 Å². The molecule has 2 aliphatic heterocycles. The molecule has 1 unspecified atom stereocenters. The van der Waals surface area contributed by atoms with E-state index in [1.807, 2.05) is 0 Å². The van der Waals surface area contributed by atoms with Crippen LogP contribution in [0.5, 0.6) is 5.75 Å². The summed E-state index contributed by atoms with van der Waals surface area (Å²) in [6.45, 7) is 10.3. The van der Waals surface area contributed by atoms with Crippen molar-refractivity contribution in [3.8, 4) is 16.9 Å². The van der Waals surface area contributed by atoms with Crippen LogP contribution in [0, 0.1) is 6.92 Å². The van der Waals surface area contributed by atoms with Gasteiger partial charge in [-0.15, -0.1) is 0 Å². The number of fused-ring (bicyclic) bond motifs is 8. The van der Waals surface area contributed by atoms with Crippen molar-refractivity contribution in [1.82, 2.24) is 0 Å². The lowest BCUT2D eigenvalue weighted by Gasteiger charge is -2.39. The van der Waals surface area contributed by atoms with Crippen molar-refractivity contribution < 1.29 is 9.47 Å². The van der Waals surface area contributed by atoms with Crippen molar-refractivity contribution in [2.75, 3.05) is 31.2 Å². The molecule has 1 atom stereocenters. The Morgan fingerprint density at radius 3 is 2.08 bits per heavy atom. The Hall–Kier alpha value is -4.77. The van der Waals surface area contributed by atoms with Gasteiger partial charge in [0.1, 0.15) is 5.75 Å². The Morgan fingerprint density at radius 2 is 1.35 bits per heavy atom. The lowest BCUT2D eigenvalue weighted by molar-refractivity contribution is 0.122. The Balaban J connectivity index is 1.21. The van der Waals surface area contributed by atoms with Gasteiger partial charge in [0.2, 0.25) is 0 Å². The monoisotopic (exact) mass is 657 g/mol. The molecule has 0 N–H and O–H groups in total. The summed E-state index contributed by atoms with van der Waals surface area (Å²) >= 11 is 1.78. The predicted octanol–water partition coefficient (Wildman–Crippen LogP) is 10.8. The van der Waals surface area contributed by atoms with Gasteiger partial charge in [0, 0.05) is 56.1 Å². The van der Waals surface area contributed by atoms with Crippen molar-refractivity contribution in [1.29, 1.82) is 0 Å². The fourth-order valence-electron chi connectivity index (χ4n) is 8.16. The zero-order valence-electron chi connectivity index (χ0n) is 28.2. The van der Waals surface area contributed by atoms with E-state index in [0.717, 1.165) is 48.6 Å². The van der Waals surface area contributed by atoms with Crippen LogP contribution in [0.4, 0.5) is 5.69 Å². The molecular formula is C45H39NO2S. The summed E-state index contributed by atoms with van der Waals surface area (Å²) in [5, 5.41) is 2.39. The molecule has 4 heteroatoms.